The molecule has 1 aromatic rings. The van der Waals surface area contributed by atoms with E-state index in [0.29, 0.717) is 18.9 Å². The fraction of sp³-hybridized carbons (Fsp3) is 0.550. The summed E-state index contributed by atoms with van der Waals surface area (Å²) in [5.74, 6) is 0.702. The molecule has 23 heavy (non-hydrogen) atoms. The van der Waals surface area contributed by atoms with Gasteiger partial charge in [0.1, 0.15) is 0 Å². The molecule has 0 saturated carbocycles. The van der Waals surface area contributed by atoms with Crippen molar-refractivity contribution in [1.29, 1.82) is 0 Å². The van der Waals surface area contributed by atoms with E-state index in [1.807, 2.05) is 11.9 Å². The summed E-state index contributed by atoms with van der Waals surface area (Å²) in [5.41, 5.74) is 2.53. The van der Waals surface area contributed by atoms with Crippen LogP contribution in [0.1, 0.15) is 44.1 Å². The minimum absolute atomic E-state index is 0.252. The van der Waals surface area contributed by atoms with Crippen molar-refractivity contribution in [2.45, 2.75) is 45.1 Å². The number of piperidine rings is 1. The molecule has 0 radical (unpaired) electrons. The van der Waals surface area contributed by atoms with E-state index >= 15 is 0 Å². The van der Waals surface area contributed by atoms with E-state index in [1.54, 1.807) is 0 Å². The van der Waals surface area contributed by atoms with Crippen molar-refractivity contribution in [3.8, 4) is 0 Å². The number of benzene rings is 1. The second-order valence-corrected chi connectivity index (χ2v) is 6.93. The monoisotopic (exact) mass is 312 g/mol. The molecule has 1 heterocycles. The van der Waals surface area contributed by atoms with Gasteiger partial charge in [0.15, 0.2) is 0 Å². The highest BCUT2D eigenvalue weighted by Gasteiger charge is 2.17. The minimum atomic E-state index is 0.252. The Morgan fingerprint density at radius 3 is 2.57 bits per heavy atom. The van der Waals surface area contributed by atoms with Crippen LogP contribution in [-0.4, -0.2) is 30.9 Å². The molecule has 0 unspecified atom stereocenters. The Kier molecular flexibility index (Phi) is 5.37. The molecule has 3 nitrogen and oxygen atoms in total. The van der Waals surface area contributed by atoms with Gasteiger partial charge < -0.3 is 9.80 Å². The number of rotatable bonds is 5. The predicted molar refractivity (Wildman–Crippen MR) is 95.5 cm³/mol. The third-order valence-corrected chi connectivity index (χ3v) is 5.05. The number of hydrogen-bond donors (Lipinski definition) is 0. The van der Waals surface area contributed by atoms with Gasteiger partial charge in [0.2, 0.25) is 5.91 Å². The van der Waals surface area contributed by atoms with Crippen molar-refractivity contribution in [2.24, 2.45) is 5.92 Å². The molecule has 2 aliphatic rings. The Morgan fingerprint density at radius 1 is 1.17 bits per heavy atom. The van der Waals surface area contributed by atoms with Gasteiger partial charge in [0.25, 0.3) is 0 Å². The van der Waals surface area contributed by atoms with Gasteiger partial charge in [-0.15, -0.1) is 0 Å². The van der Waals surface area contributed by atoms with E-state index in [-0.39, 0.29) is 5.91 Å². The smallest absolute Gasteiger partial charge is 0.223 e. The second-order valence-electron chi connectivity index (χ2n) is 6.93. The normalized spacial score (nSPS) is 20.7. The van der Waals surface area contributed by atoms with E-state index in [0.717, 1.165) is 12.8 Å². The second kappa shape index (κ2) is 7.67. The molecule has 0 bridgehead atoms. The Hall–Kier alpha value is -1.77. The van der Waals surface area contributed by atoms with E-state index in [4.69, 9.17) is 0 Å². The molecule has 0 aromatic heterocycles. The fourth-order valence-electron chi connectivity index (χ4n) is 3.57. The molecule has 1 atom stereocenters. The summed E-state index contributed by atoms with van der Waals surface area (Å²) >= 11 is 0. The number of carbonyl (C=O) groups excluding carboxylic acids is 1. The van der Waals surface area contributed by atoms with E-state index in [1.165, 1.54) is 43.6 Å². The number of nitrogens with zero attached hydrogens (tertiary/aromatic N) is 2. The molecule has 1 aliphatic heterocycles. The maximum absolute atomic E-state index is 12.3. The van der Waals surface area contributed by atoms with Crippen LogP contribution < -0.4 is 4.90 Å². The third-order valence-electron chi connectivity index (χ3n) is 5.05. The highest BCUT2D eigenvalue weighted by Crippen LogP contribution is 2.23. The molecule has 1 saturated heterocycles. The van der Waals surface area contributed by atoms with Crippen LogP contribution in [-0.2, 0) is 11.3 Å². The van der Waals surface area contributed by atoms with Gasteiger partial charge in [-0.05, 0) is 55.7 Å². The van der Waals surface area contributed by atoms with Crippen LogP contribution in [0, 0.1) is 5.92 Å². The highest BCUT2D eigenvalue weighted by molar-refractivity contribution is 5.76. The van der Waals surface area contributed by atoms with Crippen molar-refractivity contribution < 1.29 is 4.79 Å². The van der Waals surface area contributed by atoms with Crippen molar-refractivity contribution in [2.75, 3.05) is 25.0 Å². The number of anilines is 1. The quantitative estimate of drug-likeness (QED) is 0.768. The molecule has 124 valence electrons. The zero-order chi connectivity index (χ0) is 16.1. The van der Waals surface area contributed by atoms with Crippen LogP contribution in [0.25, 0.3) is 0 Å². The molecular formula is C20H28N2O. The lowest BCUT2D eigenvalue weighted by atomic mass is 10.0. The average Bonchev–Trinajstić information content (AvgIpc) is 3.09. The van der Waals surface area contributed by atoms with Gasteiger partial charge in [-0.2, -0.15) is 0 Å². The van der Waals surface area contributed by atoms with Crippen LogP contribution in [0.15, 0.2) is 36.4 Å². The van der Waals surface area contributed by atoms with E-state index in [2.05, 4.69) is 41.3 Å². The minimum Gasteiger partial charge on any atom is -0.372 e. The first-order valence-electron chi connectivity index (χ1n) is 8.97. The largest absolute Gasteiger partial charge is 0.372 e. The first-order valence-corrected chi connectivity index (χ1v) is 8.97. The van der Waals surface area contributed by atoms with Gasteiger partial charge in [0.05, 0.1) is 0 Å². The van der Waals surface area contributed by atoms with Crippen LogP contribution in [0.5, 0.6) is 0 Å². The molecule has 0 N–H and O–H groups in total. The summed E-state index contributed by atoms with van der Waals surface area (Å²) in [5, 5.41) is 0. The number of hydrogen-bond acceptors (Lipinski definition) is 2. The number of allylic oxidation sites excluding steroid dienone is 2. The first kappa shape index (κ1) is 16.1. The third kappa shape index (κ3) is 4.37. The van der Waals surface area contributed by atoms with Gasteiger partial charge >= 0.3 is 0 Å². The Balaban J connectivity index is 1.52. The van der Waals surface area contributed by atoms with Crippen LogP contribution in [0.3, 0.4) is 0 Å². The van der Waals surface area contributed by atoms with E-state index < -0.39 is 0 Å². The lowest BCUT2D eigenvalue weighted by Crippen LogP contribution is -2.29. The number of carbonyl (C=O) groups is 1. The molecule has 3 rings (SSSR count). The summed E-state index contributed by atoms with van der Waals surface area (Å²) in [6, 6.07) is 8.75. The van der Waals surface area contributed by atoms with Crippen LogP contribution >= 0.6 is 0 Å². The van der Waals surface area contributed by atoms with Crippen molar-refractivity contribution >= 4 is 11.6 Å². The highest BCUT2D eigenvalue weighted by atomic mass is 16.2. The lowest BCUT2D eigenvalue weighted by molar-refractivity contribution is -0.131. The number of amides is 1. The molecular weight excluding hydrogens is 284 g/mol. The molecule has 1 amide bonds. The standard InChI is InChI=1S/C20H28N2O/c1-21(20(23)15-17-7-3-4-8-17)16-18-9-11-19(12-10-18)22-13-5-2-6-14-22/h3,7,9-12,17H,2,4-6,8,13-16H2,1H3/t17-/m1/s1. The Morgan fingerprint density at radius 2 is 1.91 bits per heavy atom. The summed E-state index contributed by atoms with van der Waals surface area (Å²) in [4.78, 5) is 16.6. The Bertz CT molecular complexity index is 543. The summed E-state index contributed by atoms with van der Waals surface area (Å²) in [6.07, 6.45) is 11.2. The lowest BCUT2D eigenvalue weighted by Gasteiger charge is -2.29. The fourth-order valence-corrected chi connectivity index (χ4v) is 3.57. The van der Waals surface area contributed by atoms with Gasteiger partial charge in [-0.3, -0.25) is 4.79 Å². The molecule has 1 aliphatic carbocycles. The zero-order valence-electron chi connectivity index (χ0n) is 14.2. The molecule has 3 heteroatoms. The van der Waals surface area contributed by atoms with E-state index in [9.17, 15) is 4.79 Å². The molecule has 1 fully saturated rings. The summed E-state index contributed by atoms with van der Waals surface area (Å²) in [7, 11) is 1.92. The van der Waals surface area contributed by atoms with Gasteiger partial charge in [-0.25, -0.2) is 0 Å². The van der Waals surface area contributed by atoms with Crippen molar-refractivity contribution in [3.63, 3.8) is 0 Å². The topological polar surface area (TPSA) is 23.6 Å². The summed E-state index contributed by atoms with van der Waals surface area (Å²) < 4.78 is 0. The SMILES string of the molecule is CN(Cc1ccc(N2CCCCC2)cc1)C(=O)C[C@@H]1C=CCC1. The Labute approximate surface area is 140 Å². The summed E-state index contributed by atoms with van der Waals surface area (Å²) in [6.45, 7) is 3.05. The van der Waals surface area contributed by atoms with Crippen molar-refractivity contribution in [1.82, 2.24) is 4.90 Å². The predicted octanol–water partition coefficient (Wildman–Crippen LogP) is 3.99. The van der Waals surface area contributed by atoms with Gasteiger partial charge in [0, 0.05) is 38.8 Å². The van der Waals surface area contributed by atoms with Crippen LogP contribution in [0.4, 0.5) is 5.69 Å². The molecule has 0 spiro atoms. The zero-order valence-corrected chi connectivity index (χ0v) is 14.2. The maximum atomic E-state index is 12.3. The van der Waals surface area contributed by atoms with Crippen molar-refractivity contribution in [3.05, 3.63) is 42.0 Å². The van der Waals surface area contributed by atoms with Crippen LogP contribution in [0.2, 0.25) is 0 Å². The molecule has 1 aromatic carbocycles. The first-order chi connectivity index (χ1) is 11.2. The maximum Gasteiger partial charge on any atom is 0.223 e. The van der Waals surface area contributed by atoms with Gasteiger partial charge in [-0.1, -0.05) is 24.3 Å². The average molecular weight is 312 g/mol.